The van der Waals surface area contributed by atoms with Crippen LogP contribution in [-0.4, -0.2) is 28.7 Å². The summed E-state index contributed by atoms with van der Waals surface area (Å²) in [4.78, 5) is 12.1. The highest BCUT2D eigenvalue weighted by atomic mass is 16.4. The number of nitrogens with zero attached hydrogens (tertiary/aromatic N) is 1. The molecule has 4 nitrogen and oxygen atoms in total. The van der Waals surface area contributed by atoms with E-state index >= 15 is 0 Å². The molecule has 1 saturated heterocycles. The number of fused-ring (bicyclic) bond motifs is 1. The molecule has 0 spiro atoms. The third kappa shape index (κ3) is 0.958. The van der Waals surface area contributed by atoms with Crippen molar-refractivity contribution in [3.63, 3.8) is 0 Å². The standard InChI is InChI=1S/C8H10N2O2/c11-8(12)10-5-1-2-6-7(10)3-4-9-6/h1-2,5,7,9H,3-4H2,(H,11,12). The Morgan fingerprint density at radius 3 is 3.33 bits per heavy atom. The summed E-state index contributed by atoms with van der Waals surface area (Å²) in [6.45, 7) is 0.863. The third-order valence-corrected chi connectivity index (χ3v) is 2.19. The van der Waals surface area contributed by atoms with Gasteiger partial charge in [-0.2, -0.15) is 0 Å². The van der Waals surface area contributed by atoms with Gasteiger partial charge in [-0.3, -0.25) is 4.90 Å². The first-order valence-electron chi connectivity index (χ1n) is 3.92. The maximum absolute atomic E-state index is 10.7. The minimum absolute atomic E-state index is 0.0208. The fraction of sp³-hybridized carbons (Fsp3) is 0.375. The fourth-order valence-corrected chi connectivity index (χ4v) is 1.63. The molecule has 0 bridgehead atoms. The molecule has 0 radical (unpaired) electrons. The van der Waals surface area contributed by atoms with Crippen LogP contribution in [0.4, 0.5) is 4.79 Å². The summed E-state index contributed by atoms with van der Waals surface area (Å²) in [6.07, 6.45) is 5.26. The molecule has 0 aliphatic carbocycles. The van der Waals surface area contributed by atoms with E-state index in [1.165, 1.54) is 4.90 Å². The molecule has 12 heavy (non-hydrogen) atoms. The lowest BCUT2D eigenvalue weighted by Gasteiger charge is -2.25. The van der Waals surface area contributed by atoms with Crippen LogP contribution in [-0.2, 0) is 0 Å². The summed E-state index contributed by atoms with van der Waals surface area (Å²) in [5.41, 5.74) is 1.01. The smallest absolute Gasteiger partial charge is 0.411 e. The molecular weight excluding hydrogens is 156 g/mol. The van der Waals surface area contributed by atoms with E-state index in [4.69, 9.17) is 5.11 Å². The zero-order valence-corrected chi connectivity index (χ0v) is 6.53. The Bertz CT molecular complexity index is 270. The average Bonchev–Trinajstić information content (AvgIpc) is 2.49. The van der Waals surface area contributed by atoms with E-state index in [1.807, 2.05) is 6.08 Å². The fourth-order valence-electron chi connectivity index (χ4n) is 1.63. The monoisotopic (exact) mass is 166 g/mol. The van der Waals surface area contributed by atoms with Crippen LogP contribution in [0.25, 0.3) is 0 Å². The van der Waals surface area contributed by atoms with Crippen LogP contribution in [0.2, 0.25) is 0 Å². The van der Waals surface area contributed by atoms with Crippen LogP contribution < -0.4 is 5.32 Å². The highest BCUT2D eigenvalue weighted by Gasteiger charge is 2.30. The van der Waals surface area contributed by atoms with Crippen molar-refractivity contribution in [3.05, 3.63) is 24.0 Å². The SMILES string of the molecule is O=C(O)N1C=CC=C2NCCC21. The zero-order valence-electron chi connectivity index (χ0n) is 6.53. The Morgan fingerprint density at radius 2 is 2.58 bits per heavy atom. The summed E-state index contributed by atoms with van der Waals surface area (Å²) in [6, 6.07) is 0.0208. The van der Waals surface area contributed by atoms with Crippen LogP contribution >= 0.6 is 0 Å². The van der Waals surface area contributed by atoms with Gasteiger partial charge in [0, 0.05) is 18.4 Å². The van der Waals surface area contributed by atoms with E-state index in [1.54, 1.807) is 12.3 Å². The Labute approximate surface area is 70.2 Å². The number of carbonyl (C=O) groups is 1. The quantitative estimate of drug-likeness (QED) is 0.558. The van der Waals surface area contributed by atoms with Gasteiger partial charge in [-0.15, -0.1) is 0 Å². The second-order valence-electron chi connectivity index (χ2n) is 2.88. The van der Waals surface area contributed by atoms with Crippen molar-refractivity contribution >= 4 is 6.09 Å². The maximum atomic E-state index is 10.7. The molecule has 2 aliphatic heterocycles. The van der Waals surface area contributed by atoms with Gasteiger partial charge in [0.05, 0.1) is 6.04 Å². The lowest BCUT2D eigenvalue weighted by atomic mass is 10.1. The largest absolute Gasteiger partial charge is 0.465 e. The highest BCUT2D eigenvalue weighted by Crippen LogP contribution is 2.21. The molecule has 1 amide bonds. The van der Waals surface area contributed by atoms with Crippen molar-refractivity contribution in [1.82, 2.24) is 10.2 Å². The van der Waals surface area contributed by atoms with Crippen molar-refractivity contribution in [3.8, 4) is 0 Å². The van der Waals surface area contributed by atoms with Crippen molar-refractivity contribution in [2.24, 2.45) is 0 Å². The average molecular weight is 166 g/mol. The molecule has 1 fully saturated rings. The molecule has 2 aliphatic rings. The molecule has 0 aromatic rings. The minimum Gasteiger partial charge on any atom is -0.465 e. The van der Waals surface area contributed by atoms with Gasteiger partial charge in [0.2, 0.25) is 0 Å². The second kappa shape index (κ2) is 2.55. The van der Waals surface area contributed by atoms with E-state index in [0.29, 0.717) is 0 Å². The van der Waals surface area contributed by atoms with Gasteiger partial charge in [0.15, 0.2) is 0 Å². The Morgan fingerprint density at radius 1 is 1.75 bits per heavy atom. The van der Waals surface area contributed by atoms with Gasteiger partial charge >= 0.3 is 6.09 Å². The number of carboxylic acid groups (broad SMARTS) is 1. The molecule has 0 saturated carbocycles. The molecule has 64 valence electrons. The van der Waals surface area contributed by atoms with Crippen LogP contribution in [0.3, 0.4) is 0 Å². The minimum atomic E-state index is -0.884. The Kier molecular flexibility index (Phi) is 1.53. The Balaban J connectivity index is 2.24. The van der Waals surface area contributed by atoms with Crippen LogP contribution in [0.1, 0.15) is 6.42 Å². The molecule has 2 rings (SSSR count). The summed E-state index contributed by atoms with van der Waals surface area (Å²) in [5.74, 6) is 0. The van der Waals surface area contributed by atoms with Gasteiger partial charge in [0.1, 0.15) is 0 Å². The normalized spacial score (nSPS) is 26.2. The van der Waals surface area contributed by atoms with Crippen molar-refractivity contribution in [1.29, 1.82) is 0 Å². The number of allylic oxidation sites excluding steroid dienone is 2. The van der Waals surface area contributed by atoms with Crippen molar-refractivity contribution in [2.75, 3.05) is 6.54 Å². The second-order valence-corrected chi connectivity index (χ2v) is 2.88. The van der Waals surface area contributed by atoms with Crippen LogP contribution in [0.5, 0.6) is 0 Å². The van der Waals surface area contributed by atoms with E-state index < -0.39 is 6.09 Å². The molecule has 4 heteroatoms. The molecule has 2 heterocycles. The zero-order chi connectivity index (χ0) is 8.55. The van der Waals surface area contributed by atoms with Gasteiger partial charge in [-0.1, -0.05) is 0 Å². The van der Waals surface area contributed by atoms with E-state index in [-0.39, 0.29) is 6.04 Å². The number of rotatable bonds is 0. The van der Waals surface area contributed by atoms with Crippen LogP contribution in [0.15, 0.2) is 24.0 Å². The first kappa shape index (κ1) is 7.21. The number of hydrogen-bond donors (Lipinski definition) is 2. The van der Waals surface area contributed by atoms with Gasteiger partial charge in [-0.05, 0) is 18.6 Å². The molecule has 0 aromatic carbocycles. The van der Waals surface area contributed by atoms with Crippen molar-refractivity contribution in [2.45, 2.75) is 12.5 Å². The van der Waals surface area contributed by atoms with E-state index in [9.17, 15) is 4.79 Å². The first-order valence-corrected chi connectivity index (χ1v) is 3.92. The summed E-state index contributed by atoms with van der Waals surface area (Å²) >= 11 is 0. The highest BCUT2D eigenvalue weighted by molar-refractivity contribution is 5.68. The lowest BCUT2D eigenvalue weighted by Crippen LogP contribution is -2.36. The van der Waals surface area contributed by atoms with Gasteiger partial charge in [-0.25, -0.2) is 4.79 Å². The first-order chi connectivity index (χ1) is 5.79. The van der Waals surface area contributed by atoms with Crippen LogP contribution in [0, 0.1) is 0 Å². The molecular formula is C8H10N2O2. The molecule has 1 atom stereocenters. The van der Waals surface area contributed by atoms with Gasteiger partial charge < -0.3 is 10.4 Å². The summed E-state index contributed by atoms with van der Waals surface area (Å²) in [7, 11) is 0. The predicted octanol–water partition coefficient (Wildman–Crippen LogP) is 0.740. The topological polar surface area (TPSA) is 52.6 Å². The van der Waals surface area contributed by atoms with E-state index in [0.717, 1.165) is 18.7 Å². The number of nitrogens with one attached hydrogen (secondary N) is 1. The summed E-state index contributed by atoms with van der Waals surface area (Å²) < 4.78 is 0. The molecule has 2 N–H and O–H groups in total. The Hall–Kier alpha value is -1.45. The molecule has 0 aromatic heterocycles. The van der Waals surface area contributed by atoms with Gasteiger partial charge in [0.25, 0.3) is 0 Å². The number of hydrogen-bond acceptors (Lipinski definition) is 2. The number of amides is 1. The predicted molar refractivity (Wildman–Crippen MR) is 43.5 cm³/mol. The lowest BCUT2D eigenvalue weighted by molar-refractivity contribution is 0.153. The van der Waals surface area contributed by atoms with Crippen molar-refractivity contribution < 1.29 is 9.90 Å². The molecule has 1 unspecified atom stereocenters. The van der Waals surface area contributed by atoms with E-state index in [2.05, 4.69) is 5.32 Å². The maximum Gasteiger partial charge on any atom is 0.411 e. The summed E-state index contributed by atoms with van der Waals surface area (Å²) in [5, 5.41) is 12.0. The third-order valence-electron chi connectivity index (χ3n) is 2.19.